The molecule has 0 radical (unpaired) electrons. The van der Waals surface area contributed by atoms with Gasteiger partial charge in [-0.25, -0.2) is 0 Å². The number of halogens is 2. The molecule has 1 N–H and O–H groups in total. The zero-order valence-electron chi connectivity index (χ0n) is 10.8. The monoisotopic (exact) mass is 316 g/mol. The van der Waals surface area contributed by atoms with Gasteiger partial charge < -0.3 is 5.11 Å². The Hall–Kier alpha value is -0.680. The first-order valence-corrected chi connectivity index (χ1v) is 7.29. The zero-order chi connectivity index (χ0) is 14.2. The van der Waals surface area contributed by atoms with Crippen LogP contribution in [0.5, 0.6) is 0 Å². The fourth-order valence-corrected chi connectivity index (χ4v) is 2.92. The largest absolute Gasteiger partial charge is 0.383 e. The smallest absolute Gasteiger partial charge is 0.117 e. The molecule has 0 amide bonds. The van der Waals surface area contributed by atoms with E-state index in [2.05, 4.69) is 9.59 Å². The molecule has 0 aliphatic rings. The second kappa shape index (κ2) is 5.37. The summed E-state index contributed by atoms with van der Waals surface area (Å²) in [4.78, 5) is 0.742. The third-order valence-electron chi connectivity index (χ3n) is 2.73. The third kappa shape index (κ3) is 3.08. The Morgan fingerprint density at radius 1 is 1.21 bits per heavy atom. The molecule has 0 fully saturated rings. The molecule has 0 saturated heterocycles. The lowest BCUT2D eigenvalue weighted by atomic mass is 9.89. The van der Waals surface area contributed by atoms with E-state index in [4.69, 9.17) is 23.2 Å². The number of nitrogens with zero attached hydrogens (tertiary/aromatic N) is 2. The molecule has 0 aliphatic heterocycles. The molecule has 0 bridgehead atoms. The molecule has 0 saturated carbocycles. The number of hydrogen-bond donors (Lipinski definition) is 1. The molecule has 19 heavy (non-hydrogen) atoms. The van der Waals surface area contributed by atoms with Crippen LogP contribution in [0.15, 0.2) is 18.2 Å². The Bertz CT molecular complexity index is 593. The highest BCUT2D eigenvalue weighted by atomic mass is 35.5. The number of aliphatic hydroxyl groups excluding tert-OH is 1. The Morgan fingerprint density at radius 3 is 2.47 bits per heavy atom. The van der Waals surface area contributed by atoms with Crippen molar-refractivity contribution in [1.29, 1.82) is 0 Å². The summed E-state index contributed by atoms with van der Waals surface area (Å²) in [6.45, 7) is 6.11. The molecular formula is C13H14Cl2N2OS. The van der Waals surface area contributed by atoms with Gasteiger partial charge in [0.2, 0.25) is 0 Å². The average Bonchev–Trinajstić information content (AvgIpc) is 2.80. The van der Waals surface area contributed by atoms with Gasteiger partial charge in [-0.05, 0) is 29.2 Å². The average molecular weight is 317 g/mol. The molecule has 6 heteroatoms. The van der Waals surface area contributed by atoms with Crippen molar-refractivity contribution in [2.75, 3.05) is 0 Å². The normalized spacial score (nSPS) is 13.6. The third-order valence-corrected chi connectivity index (χ3v) is 4.25. The van der Waals surface area contributed by atoms with E-state index >= 15 is 0 Å². The molecule has 1 aromatic heterocycles. The minimum atomic E-state index is -0.788. The predicted octanol–water partition coefficient (Wildman–Crippen LogP) is 4.22. The van der Waals surface area contributed by atoms with Gasteiger partial charge in [0.25, 0.3) is 0 Å². The molecule has 1 atom stereocenters. The van der Waals surface area contributed by atoms with Crippen LogP contribution in [0.25, 0.3) is 0 Å². The Morgan fingerprint density at radius 2 is 1.89 bits per heavy atom. The second-order valence-electron chi connectivity index (χ2n) is 5.31. The molecular weight excluding hydrogens is 303 g/mol. The van der Waals surface area contributed by atoms with Crippen LogP contribution in [0.2, 0.25) is 10.0 Å². The van der Waals surface area contributed by atoms with E-state index in [1.54, 1.807) is 18.2 Å². The molecule has 1 unspecified atom stereocenters. The van der Waals surface area contributed by atoms with Crippen LogP contribution >= 0.6 is 34.7 Å². The molecule has 0 aliphatic carbocycles. The lowest BCUT2D eigenvalue weighted by molar-refractivity contribution is 0.221. The summed E-state index contributed by atoms with van der Waals surface area (Å²) in [5.74, 6) is 0. The van der Waals surface area contributed by atoms with E-state index in [0.29, 0.717) is 15.6 Å². The van der Waals surface area contributed by atoms with Crippen LogP contribution in [0.4, 0.5) is 0 Å². The van der Waals surface area contributed by atoms with Gasteiger partial charge in [-0.2, -0.15) is 0 Å². The minimum Gasteiger partial charge on any atom is -0.383 e. The minimum absolute atomic E-state index is 0.167. The highest BCUT2D eigenvalue weighted by Gasteiger charge is 2.27. The van der Waals surface area contributed by atoms with Gasteiger partial charge in [-0.15, -0.1) is 5.10 Å². The van der Waals surface area contributed by atoms with Crippen LogP contribution in [-0.2, 0) is 5.41 Å². The summed E-state index contributed by atoms with van der Waals surface area (Å²) in [6, 6.07) is 5.10. The van der Waals surface area contributed by atoms with E-state index in [1.807, 2.05) is 20.8 Å². The van der Waals surface area contributed by atoms with Gasteiger partial charge in [0.05, 0.1) is 20.6 Å². The second-order valence-corrected chi connectivity index (χ2v) is 6.91. The van der Waals surface area contributed by atoms with Crippen molar-refractivity contribution in [3.63, 3.8) is 0 Å². The first-order valence-electron chi connectivity index (χ1n) is 5.76. The quantitative estimate of drug-likeness (QED) is 0.902. The first kappa shape index (κ1) is 14.7. The topological polar surface area (TPSA) is 46.0 Å². The Labute approximate surface area is 126 Å². The standard InChI is InChI=1S/C13H14Cl2N2OS/c1-13(2,3)12-11(19-17-16-12)10(18)7-4-5-8(14)9(15)6-7/h4-6,10,18H,1-3H3. The SMILES string of the molecule is CC(C)(C)c1nnsc1C(O)c1ccc(Cl)c(Cl)c1. The van der Waals surface area contributed by atoms with Crippen molar-refractivity contribution < 1.29 is 5.11 Å². The van der Waals surface area contributed by atoms with Crippen LogP contribution in [0, 0.1) is 0 Å². The van der Waals surface area contributed by atoms with Crippen molar-refractivity contribution in [2.24, 2.45) is 0 Å². The first-order chi connectivity index (χ1) is 8.80. The van der Waals surface area contributed by atoms with Crippen LogP contribution < -0.4 is 0 Å². The molecule has 1 aromatic carbocycles. The molecule has 1 heterocycles. The lowest BCUT2D eigenvalue weighted by Crippen LogP contribution is -2.16. The number of rotatable bonds is 2. The Balaban J connectivity index is 2.42. The maximum absolute atomic E-state index is 10.5. The molecule has 0 spiro atoms. The Kier molecular flexibility index (Phi) is 4.16. The fraction of sp³-hybridized carbons (Fsp3) is 0.385. The van der Waals surface area contributed by atoms with Gasteiger partial charge in [-0.3, -0.25) is 0 Å². The summed E-state index contributed by atoms with van der Waals surface area (Å²) < 4.78 is 3.95. The van der Waals surface area contributed by atoms with E-state index in [9.17, 15) is 5.11 Å². The van der Waals surface area contributed by atoms with Crippen molar-refractivity contribution in [3.8, 4) is 0 Å². The van der Waals surface area contributed by atoms with Crippen molar-refractivity contribution in [1.82, 2.24) is 9.59 Å². The summed E-state index contributed by atoms with van der Waals surface area (Å²) in [7, 11) is 0. The van der Waals surface area contributed by atoms with Crippen molar-refractivity contribution in [2.45, 2.75) is 32.3 Å². The summed E-state index contributed by atoms with van der Waals surface area (Å²) >= 11 is 13.1. The number of aromatic nitrogens is 2. The van der Waals surface area contributed by atoms with E-state index < -0.39 is 6.10 Å². The lowest BCUT2D eigenvalue weighted by Gasteiger charge is -2.19. The molecule has 2 rings (SSSR count). The van der Waals surface area contributed by atoms with Crippen molar-refractivity contribution in [3.05, 3.63) is 44.4 Å². The van der Waals surface area contributed by atoms with Crippen LogP contribution in [-0.4, -0.2) is 14.7 Å². The number of aliphatic hydroxyl groups is 1. The molecule has 3 nitrogen and oxygen atoms in total. The van der Waals surface area contributed by atoms with Gasteiger partial charge >= 0.3 is 0 Å². The van der Waals surface area contributed by atoms with E-state index in [0.717, 1.165) is 10.6 Å². The molecule has 2 aromatic rings. The maximum atomic E-state index is 10.5. The van der Waals surface area contributed by atoms with E-state index in [1.165, 1.54) is 11.5 Å². The van der Waals surface area contributed by atoms with Gasteiger partial charge in [0.1, 0.15) is 6.10 Å². The van der Waals surface area contributed by atoms with Gasteiger partial charge in [0, 0.05) is 5.41 Å². The van der Waals surface area contributed by atoms with Crippen molar-refractivity contribution >= 4 is 34.7 Å². The summed E-state index contributed by atoms with van der Waals surface area (Å²) in [5.41, 5.74) is 1.32. The van der Waals surface area contributed by atoms with E-state index in [-0.39, 0.29) is 5.41 Å². The predicted molar refractivity (Wildman–Crippen MR) is 79.1 cm³/mol. The number of benzene rings is 1. The highest BCUT2D eigenvalue weighted by Crippen LogP contribution is 2.35. The summed E-state index contributed by atoms with van der Waals surface area (Å²) in [6.07, 6.45) is -0.788. The fourth-order valence-electron chi connectivity index (χ4n) is 1.73. The van der Waals surface area contributed by atoms with Gasteiger partial charge in [-0.1, -0.05) is 54.5 Å². The van der Waals surface area contributed by atoms with Gasteiger partial charge in [0.15, 0.2) is 0 Å². The number of hydrogen-bond acceptors (Lipinski definition) is 4. The molecule has 102 valence electrons. The highest BCUT2D eigenvalue weighted by molar-refractivity contribution is 7.05. The van der Waals surface area contributed by atoms with Crippen LogP contribution in [0.3, 0.4) is 0 Å². The maximum Gasteiger partial charge on any atom is 0.117 e. The zero-order valence-corrected chi connectivity index (χ0v) is 13.1. The summed E-state index contributed by atoms with van der Waals surface area (Å²) in [5, 5.41) is 15.5. The van der Waals surface area contributed by atoms with Crippen LogP contribution in [0.1, 0.15) is 43.0 Å².